The van der Waals surface area contributed by atoms with Crippen molar-refractivity contribution in [3.05, 3.63) is 17.3 Å². The Labute approximate surface area is 110 Å². The van der Waals surface area contributed by atoms with Gasteiger partial charge in [0.2, 0.25) is 5.88 Å². The van der Waals surface area contributed by atoms with Crippen LogP contribution < -0.4 is 4.74 Å². The molecule has 1 rings (SSSR count). The Bertz CT molecular complexity index is 504. The predicted octanol–water partition coefficient (Wildman–Crippen LogP) is 0.792. The van der Waals surface area contributed by atoms with E-state index < -0.39 is 11.9 Å². The van der Waals surface area contributed by atoms with Gasteiger partial charge in [-0.3, -0.25) is 4.68 Å². The molecule has 0 fully saturated rings. The molecule has 0 aliphatic heterocycles. The summed E-state index contributed by atoms with van der Waals surface area (Å²) >= 11 is 0. The number of rotatable bonds is 5. The standard InChI is InChI=1S/C12H16N2O5/c1-5-19-12(16)10-8(6-7-9(15)17-3)14(2)13-11(10)18-4/h6-7H,5H2,1-4H3/b7-6+. The first-order valence-electron chi connectivity index (χ1n) is 5.59. The van der Waals surface area contributed by atoms with Crippen LogP contribution in [-0.4, -0.2) is 42.5 Å². The summed E-state index contributed by atoms with van der Waals surface area (Å²) in [5.74, 6) is -0.947. The lowest BCUT2D eigenvalue weighted by Gasteiger charge is -2.02. The zero-order chi connectivity index (χ0) is 14.4. The highest BCUT2D eigenvalue weighted by atomic mass is 16.5. The molecule has 0 spiro atoms. The lowest BCUT2D eigenvalue weighted by atomic mass is 10.2. The molecule has 0 unspecified atom stereocenters. The molecule has 104 valence electrons. The number of hydrogen-bond acceptors (Lipinski definition) is 6. The molecule has 0 saturated heterocycles. The van der Waals surface area contributed by atoms with Crippen molar-refractivity contribution in [2.45, 2.75) is 6.92 Å². The molecule has 0 aliphatic carbocycles. The van der Waals surface area contributed by atoms with E-state index in [1.165, 1.54) is 31.1 Å². The van der Waals surface area contributed by atoms with Crippen molar-refractivity contribution in [3.8, 4) is 5.88 Å². The number of nitrogens with zero attached hydrogens (tertiary/aromatic N) is 2. The minimum Gasteiger partial charge on any atom is -0.479 e. The third-order valence-electron chi connectivity index (χ3n) is 2.31. The van der Waals surface area contributed by atoms with E-state index in [0.717, 1.165) is 0 Å². The molecule has 1 heterocycles. The molecule has 1 aromatic rings. The van der Waals surface area contributed by atoms with Gasteiger partial charge < -0.3 is 14.2 Å². The van der Waals surface area contributed by atoms with Crippen LogP contribution in [0.2, 0.25) is 0 Å². The van der Waals surface area contributed by atoms with E-state index >= 15 is 0 Å². The molecular weight excluding hydrogens is 252 g/mol. The Morgan fingerprint density at radius 3 is 2.58 bits per heavy atom. The highest BCUT2D eigenvalue weighted by molar-refractivity contribution is 5.97. The third kappa shape index (κ3) is 3.34. The quantitative estimate of drug-likeness (QED) is 0.580. The lowest BCUT2D eigenvalue weighted by Crippen LogP contribution is -2.08. The molecule has 0 saturated carbocycles. The summed E-state index contributed by atoms with van der Waals surface area (Å²) in [7, 11) is 4.30. The average Bonchev–Trinajstić information content (AvgIpc) is 2.72. The second-order valence-corrected chi connectivity index (χ2v) is 3.47. The lowest BCUT2D eigenvalue weighted by molar-refractivity contribution is -0.134. The number of carbonyl (C=O) groups is 2. The Morgan fingerprint density at radius 2 is 2.05 bits per heavy atom. The number of esters is 2. The van der Waals surface area contributed by atoms with Gasteiger partial charge in [0, 0.05) is 13.1 Å². The third-order valence-corrected chi connectivity index (χ3v) is 2.31. The SMILES string of the molecule is CCOC(=O)c1c(OC)nn(C)c1/C=C/C(=O)OC. The van der Waals surface area contributed by atoms with Crippen molar-refractivity contribution in [1.29, 1.82) is 0 Å². The molecule has 0 amide bonds. The van der Waals surface area contributed by atoms with Crippen LogP contribution in [0.25, 0.3) is 6.08 Å². The van der Waals surface area contributed by atoms with Crippen molar-refractivity contribution in [2.24, 2.45) is 7.05 Å². The van der Waals surface area contributed by atoms with Gasteiger partial charge in [-0.05, 0) is 13.0 Å². The summed E-state index contributed by atoms with van der Waals surface area (Å²) in [6.07, 6.45) is 2.62. The average molecular weight is 268 g/mol. The molecule has 0 aliphatic rings. The van der Waals surface area contributed by atoms with Crippen LogP contribution in [0.5, 0.6) is 5.88 Å². The van der Waals surface area contributed by atoms with Crippen LogP contribution in [0.3, 0.4) is 0 Å². The second kappa shape index (κ2) is 6.58. The molecule has 0 radical (unpaired) electrons. The Balaban J connectivity index is 3.21. The summed E-state index contributed by atoms with van der Waals surface area (Å²) in [4.78, 5) is 23.0. The van der Waals surface area contributed by atoms with Gasteiger partial charge in [0.1, 0.15) is 5.56 Å². The van der Waals surface area contributed by atoms with Gasteiger partial charge in [-0.25, -0.2) is 9.59 Å². The topological polar surface area (TPSA) is 79.7 Å². The molecule has 7 nitrogen and oxygen atoms in total. The maximum absolute atomic E-state index is 11.9. The van der Waals surface area contributed by atoms with Crippen molar-refractivity contribution in [3.63, 3.8) is 0 Å². The van der Waals surface area contributed by atoms with E-state index in [1.54, 1.807) is 14.0 Å². The maximum Gasteiger partial charge on any atom is 0.345 e. The van der Waals surface area contributed by atoms with Crippen molar-refractivity contribution >= 4 is 18.0 Å². The van der Waals surface area contributed by atoms with Crippen LogP contribution in [0.4, 0.5) is 0 Å². The number of aryl methyl sites for hydroxylation is 1. The molecular formula is C12H16N2O5. The number of hydrogen-bond donors (Lipinski definition) is 0. The summed E-state index contributed by atoms with van der Waals surface area (Å²) in [6.45, 7) is 1.93. The molecule has 7 heteroatoms. The molecule has 0 aromatic carbocycles. The summed E-state index contributed by atoms with van der Waals surface area (Å²) in [6, 6.07) is 0. The molecule has 0 N–H and O–H groups in total. The highest BCUT2D eigenvalue weighted by Gasteiger charge is 2.23. The smallest absolute Gasteiger partial charge is 0.345 e. The van der Waals surface area contributed by atoms with E-state index in [1.807, 2.05) is 0 Å². The summed E-state index contributed by atoms with van der Waals surface area (Å²) < 4.78 is 15.9. The molecule has 19 heavy (non-hydrogen) atoms. The summed E-state index contributed by atoms with van der Waals surface area (Å²) in [5, 5.41) is 4.03. The summed E-state index contributed by atoms with van der Waals surface area (Å²) in [5.41, 5.74) is 0.577. The maximum atomic E-state index is 11.9. The first-order chi connectivity index (χ1) is 9.04. The van der Waals surface area contributed by atoms with Gasteiger partial charge in [0.15, 0.2) is 0 Å². The van der Waals surface area contributed by atoms with Crippen molar-refractivity contribution in [2.75, 3.05) is 20.8 Å². The highest BCUT2D eigenvalue weighted by Crippen LogP contribution is 2.23. The van der Waals surface area contributed by atoms with Crippen molar-refractivity contribution < 1.29 is 23.8 Å². The van der Waals surface area contributed by atoms with E-state index in [0.29, 0.717) is 5.69 Å². The number of methoxy groups -OCH3 is 2. The van der Waals surface area contributed by atoms with Gasteiger partial charge >= 0.3 is 11.9 Å². The fourth-order valence-corrected chi connectivity index (χ4v) is 1.46. The van der Waals surface area contributed by atoms with Gasteiger partial charge in [-0.2, -0.15) is 0 Å². The molecule has 1 aromatic heterocycles. The molecule has 0 atom stereocenters. The Hall–Kier alpha value is -2.31. The minimum atomic E-state index is -0.558. The fraction of sp³-hybridized carbons (Fsp3) is 0.417. The number of carbonyl (C=O) groups excluding carboxylic acids is 2. The number of aromatic nitrogens is 2. The van der Waals surface area contributed by atoms with Crippen LogP contribution in [0.1, 0.15) is 23.0 Å². The first kappa shape index (κ1) is 14.7. The molecule has 0 bridgehead atoms. The largest absolute Gasteiger partial charge is 0.479 e. The fourth-order valence-electron chi connectivity index (χ4n) is 1.46. The first-order valence-corrected chi connectivity index (χ1v) is 5.59. The van der Waals surface area contributed by atoms with E-state index in [2.05, 4.69) is 9.84 Å². The van der Waals surface area contributed by atoms with Crippen molar-refractivity contribution in [1.82, 2.24) is 9.78 Å². The van der Waals surface area contributed by atoms with E-state index in [9.17, 15) is 9.59 Å². The van der Waals surface area contributed by atoms with Gasteiger partial charge in [0.05, 0.1) is 26.5 Å². The normalized spacial score (nSPS) is 10.5. The van der Waals surface area contributed by atoms with Crippen LogP contribution in [0, 0.1) is 0 Å². The zero-order valence-corrected chi connectivity index (χ0v) is 11.3. The Morgan fingerprint density at radius 1 is 1.37 bits per heavy atom. The second-order valence-electron chi connectivity index (χ2n) is 3.47. The number of ether oxygens (including phenoxy) is 3. The van der Waals surface area contributed by atoms with Crippen LogP contribution in [0.15, 0.2) is 6.08 Å². The predicted molar refractivity (Wildman–Crippen MR) is 66.8 cm³/mol. The van der Waals surface area contributed by atoms with E-state index in [4.69, 9.17) is 9.47 Å². The van der Waals surface area contributed by atoms with Gasteiger partial charge in [-0.15, -0.1) is 5.10 Å². The van der Waals surface area contributed by atoms with Crippen LogP contribution >= 0.6 is 0 Å². The van der Waals surface area contributed by atoms with Gasteiger partial charge in [-0.1, -0.05) is 0 Å². The Kier molecular flexibility index (Phi) is 5.11. The minimum absolute atomic E-state index is 0.144. The van der Waals surface area contributed by atoms with E-state index in [-0.39, 0.29) is 18.1 Å². The van der Waals surface area contributed by atoms with Gasteiger partial charge in [0.25, 0.3) is 0 Å². The zero-order valence-electron chi connectivity index (χ0n) is 11.3. The van der Waals surface area contributed by atoms with Crippen LogP contribution in [-0.2, 0) is 21.3 Å². The monoisotopic (exact) mass is 268 g/mol.